The summed E-state index contributed by atoms with van der Waals surface area (Å²) >= 11 is 1.40. The number of thiazole rings is 1. The molecule has 30 heavy (non-hydrogen) atoms. The fourth-order valence-electron chi connectivity index (χ4n) is 4.07. The lowest BCUT2D eigenvalue weighted by Crippen LogP contribution is -2.34. The van der Waals surface area contributed by atoms with Crippen molar-refractivity contribution in [2.75, 3.05) is 6.54 Å². The SMILES string of the molecule is Cc1nc2sc(C(c3ccc([N+](=O)[O-])cc3)N3CCc4ccccc4C3)c(O)n2n1. The zero-order chi connectivity index (χ0) is 20.8. The van der Waals surface area contributed by atoms with E-state index in [2.05, 4.69) is 33.2 Å². The molecule has 1 unspecified atom stereocenters. The fraction of sp³-hybridized carbons (Fsp3) is 0.238. The van der Waals surface area contributed by atoms with Gasteiger partial charge >= 0.3 is 0 Å². The molecule has 0 fully saturated rings. The van der Waals surface area contributed by atoms with Crippen LogP contribution in [0.1, 0.15) is 33.4 Å². The Morgan fingerprint density at radius 1 is 1.17 bits per heavy atom. The number of hydrogen-bond donors (Lipinski definition) is 1. The molecule has 8 nitrogen and oxygen atoms in total. The fourth-order valence-corrected chi connectivity index (χ4v) is 5.23. The predicted molar refractivity (Wildman–Crippen MR) is 113 cm³/mol. The maximum atomic E-state index is 11.1. The first-order chi connectivity index (χ1) is 14.5. The lowest BCUT2D eigenvalue weighted by molar-refractivity contribution is -0.384. The molecule has 0 amide bonds. The predicted octanol–water partition coefficient (Wildman–Crippen LogP) is 3.86. The largest absolute Gasteiger partial charge is 0.492 e. The number of hydrogen-bond acceptors (Lipinski definition) is 7. The monoisotopic (exact) mass is 421 g/mol. The van der Waals surface area contributed by atoms with Crippen LogP contribution in [0, 0.1) is 17.0 Å². The summed E-state index contributed by atoms with van der Waals surface area (Å²) in [5, 5.41) is 26.3. The van der Waals surface area contributed by atoms with E-state index < -0.39 is 4.92 Å². The highest BCUT2D eigenvalue weighted by Gasteiger charge is 2.31. The number of non-ortho nitro benzene ring substituents is 1. The molecule has 4 aromatic rings. The van der Waals surface area contributed by atoms with Crippen molar-refractivity contribution in [1.82, 2.24) is 19.5 Å². The van der Waals surface area contributed by atoms with Crippen LogP contribution in [0.5, 0.6) is 5.88 Å². The smallest absolute Gasteiger partial charge is 0.269 e. The van der Waals surface area contributed by atoms with E-state index >= 15 is 0 Å². The summed E-state index contributed by atoms with van der Waals surface area (Å²) in [6, 6.07) is 14.7. The molecule has 1 N–H and O–H groups in total. The molecule has 0 bridgehead atoms. The molecular weight excluding hydrogens is 402 g/mol. The van der Waals surface area contributed by atoms with Crippen molar-refractivity contribution in [3.05, 3.63) is 86.0 Å². The Bertz CT molecular complexity index is 1250. The minimum Gasteiger partial charge on any atom is -0.492 e. The van der Waals surface area contributed by atoms with E-state index in [1.807, 2.05) is 6.07 Å². The van der Waals surface area contributed by atoms with Crippen LogP contribution in [0.2, 0.25) is 0 Å². The van der Waals surface area contributed by atoms with E-state index in [0.717, 1.165) is 30.0 Å². The van der Waals surface area contributed by atoms with Gasteiger partial charge in [-0.05, 0) is 30.0 Å². The van der Waals surface area contributed by atoms with Gasteiger partial charge in [-0.1, -0.05) is 47.7 Å². The minimum absolute atomic E-state index is 0.0454. The molecule has 2 aromatic carbocycles. The van der Waals surface area contributed by atoms with E-state index in [-0.39, 0.29) is 17.6 Å². The normalized spacial score (nSPS) is 15.2. The van der Waals surface area contributed by atoms with Crippen LogP contribution in [-0.4, -0.2) is 36.1 Å². The third-order valence-electron chi connectivity index (χ3n) is 5.50. The number of fused-ring (bicyclic) bond motifs is 2. The van der Waals surface area contributed by atoms with Crippen LogP contribution in [0.4, 0.5) is 5.69 Å². The molecule has 5 rings (SSSR count). The van der Waals surface area contributed by atoms with Gasteiger partial charge < -0.3 is 5.11 Å². The van der Waals surface area contributed by atoms with Crippen LogP contribution in [0.25, 0.3) is 4.96 Å². The van der Waals surface area contributed by atoms with Gasteiger partial charge in [0.2, 0.25) is 10.8 Å². The highest BCUT2D eigenvalue weighted by Crippen LogP contribution is 2.41. The number of nitrogens with zero attached hydrogens (tertiary/aromatic N) is 5. The molecule has 1 aliphatic heterocycles. The van der Waals surface area contributed by atoms with E-state index in [4.69, 9.17) is 0 Å². The van der Waals surface area contributed by atoms with Crippen molar-refractivity contribution < 1.29 is 10.0 Å². The molecular formula is C21H19N5O3S. The molecule has 0 saturated heterocycles. The Hall–Kier alpha value is -3.30. The van der Waals surface area contributed by atoms with Crippen molar-refractivity contribution in [2.24, 2.45) is 0 Å². The number of benzene rings is 2. The number of aromatic nitrogens is 3. The molecule has 0 aliphatic carbocycles. The van der Waals surface area contributed by atoms with Gasteiger partial charge in [0.05, 0.1) is 15.8 Å². The summed E-state index contributed by atoms with van der Waals surface area (Å²) in [5.41, 5.74) is 3.52. The van der Waals surface area contributed by atoms with Crippen LogP contribution >= 0.6 is 11.3 Å². The zero-order valence-electron chi connectivity index (χ0n) is 16.2. The summed E-state index contributed by atoms with van der Waals surface area (Å²) < 4.78 is 1.46. The minimum atomic E-state index is -0.403. The molecule has 1 aliphatic rings. The number of nitro benzene ring substituents is 1. The quantitative estimate of drug-likeness (QED) is 0.397. The van der Waals surface area contributed by atoms with Crippen LogP contribution in [-0.2, 0) is 13.0 Å². The van der Waals surface area contributed by atoms with Gasteiger partial charge in [0.25, 0.3) is 5.69 Å². The summed E-state index contributed by atoms with van der Waals surface area (Å²) in [6.07, 6.45) is 0.903. The molecule has 152 valence electrons. The maximum Gasteiger partial charge on any atom is 0.269 e. The highest BCUT2D eigenvalue weighted by atomic mass is 32.1. The first kappa shape index (κ1) is 18.7. The van der Waals surface area contributed by atoms with E-state index in [1.165, 1.54) is 39.1 Å². The van der Waals surface area contributed by atoms with Gasteiger partial charge in [-0.2, -0.15) is 4.52 Å². The van der Waals surface area contributed by atoms with Gasteiger partial charge in [0, 0.05) is 25.2 Å². The molecule has 3 heterocycles. The number of aromatic hydroxyl groups is 1. The molecule has 0 spiro atoms. The van der Waals surface area contributed by atoms with Crippen molar-refractivity contribution in [3.63, 3.8) is 0 Å². The highest BCUT2D eigenvalue weighted by molar-refractivity contribution is 7.17. The Labute approximate surface area is 176 Å². The van der Waals surface area contributed by atoms with E-state index in [9.17, 15) is 15.2 Å². The van der Waals surface area contributed by atoms with Crippen LogP contribution < -0.4 is 0 Å². The Morgan fingerprint density at radius 3 is 2.60 bits per heavy atom. The average Bonchev–Trinajstić information content (AvgIpc) is 3.26. The molecule has 2 aromatic heterocycles. The van der Waals surface area contributed by atoms with Crippen molar-refractivity contribution in [2.45, 2.75) is 25.9 Å². The number of nitro groups is 1. The Kier molecular flexibility index (Phi) is 4.48. The lowest BCUT2D eigenvalue weighted by Gasteiger charge is -2.35. The van der Waals surface area contributed by atoms with E-state index in [0.29, 0.717) is 10.8 Å². The Balaban J connectivity index is 1.61. The molecule has 1 atom stereocenters. The van der Waals surface area contributed by atoms with Crippen LogP contribution in [0.3, 0.4) is 0 Å². The Morgan fingerprint density at radius 2 is 1.90 bits per heavy atom. The third kappa shape index (κ3) is 3.12. The summed E-state index contributed by atoms with van der Waals surface area (Å²) in [4.78, 5) is 18.7. The maximum absolute atomic E-state index is 11.1. The topological polar surface area (TPSA) is 96.8 Å². The summed E-state index contributed by atoms with van der Waals surface area (Å²) in [5.74, 6) is 0.666. The van der Waals surface area contributed by atoms with Gasteiger partial charge in [-0.15, -0.1) is 5.10 Å². The first-order valence-electron chi connectivity index (χ1n) is 9.61. The number of rotatable bonds is 4. The van der Waals surface area contributed by atoms with Crippen molar-refractivity contribution in [3.8, 4) is 5.88 Å². The average molecular weight is 421 g/mol. The standard InChI is InChI=1S/C21H19N5O3S/c1-13-22-21-25(23-13)20(27)19(30-21)18(15-6-8-17(9-7-15)26(28)29)24-11-10-14-4-2-3-5-16(14)12-24/h2-9,18,27H,10-12H2,1H3. The number of aryl methyl sites for hydroxylation is 1. The van der Waals surface area contributed by atoms with Crippen molar-refractivity contribution >= 4 is 22.0 Å². The van der Waals surface area contributed by atoms with Gasteiger partial charge in [-0.25, -0.2) is 4.98 Å². The van der Waals surface area contributed by atoms with Gasteiger partial charge in [-0.3, -0.25) is 15.0 Å². The molecule has 9 heteroatoms. The molecule has 0 saturated carbocycles. The lowest BCUT2D eigenvalue weighted by atomic mass is 9.95. The van der Waals surface area contributed by atoms with Gasteiger partial charge in [0.15, 0.2) is 0 Å². The van der Waals surface area contributed by atoms with Crippen LogP contribution in [0.15, 0.2) is 48.5 Å². The third-order valence-corrected chi connectivity index (χ3v) is 6.57. The summed E-state index contributed by atoms with van der Waals surface area (Å²) in [7, 11) is 0. The van der Waals surface area contributed by atoms with E-state index in [1.54, 1.807) is 19.1 Å². The second kappa shape index (κ2) is 7.19. The van der Waals surface area contributed by atoms with Gasteiger partial charge in [0.1, 0.15) is 5.82 Å². The summed E-state index contributed by atoms with van der Waals surface area (Å²) in [6.45, 7) is 3.32. The van der Waals surface area contributed by atoms with Crippen molar-refractivity contribution in [1.29, 1.82) is 0 Å². The zero-order valence-corrected chi connectivity index (χ0v) is 17.0. The first-order valence-corrected chi connectivity index (χ1v) is 10.4. The second-order valence-electron chi connectivity index (χ2n) is 7.38. The molecule has 0 radical (unpaired) electrons. The second-order valence-corrected chi connectivity index (χ2v) is 8.39.